The third-order valence-corrected chi connectivity index (χ3v) is 4.32. The number of carbonyl (C=O) groups is 4. The van der Waals surface area contributed by atoms with Crippen LogP contribution in [-0.4, -0.2) is 71.7 Å². The number of ether oxygens (including phenoxy) is 1. The molecule has 166 valence electrons. The molecule has 2 amide bonds. The second-order valence-corrected chi connectivity index (χ2v) is 6.78. The van der Waals surface area contributed by atoms with Crippen LogP contribution in [0.25, 0.3) is 0 Å². The summed E-state index contributed by atoms with van der Waals surface area (Å²) in [5.74, 6) is -2.64. The topological polar surface area (TPSA) is 145 Å². The molecule has 0 bridgehead atoms. The summed E-state index contributed by atoms with van der Waals surface area (Å²) in [6, 6.07) is 7.37. The van der Waals surface area contributed by atoms with E-state index in [2.05, 4.69) is 10.6 Å². The number of hydrogen-bond acceptors (Lipinski definition) is 6. The van der Waals surface area contributed by atoms with Gasteiger partial charge in [-0.05, 0) is 50.6 Å². The van der Waals surface area contributed by atoms with Gasteiger partial charge >= 0.3 is 11.9 Å². The maximum atomic E-state index is 12.0. The van der Waals surface area contributed by atoms with Gasteiger partial charge in [-0.3, -0.25) is 9.59 Å². The van der Waals surface area contributed by atoms with Crippen molar-refractivity contribution in [2.24, 2.45) is 0 Å². The highest BCUT2D eigenvalue weighted by Gasteiger charge is 2.19. The van der Waals surface area contributed by atoms with Gasteiger partial charge in [0.2, 0.25) is 11.8 Å². The third-order valence-electron chi connectivity index (χ3n) is 4.32. The summed E-state index contributed by atoms with van der Waals surface area (Å²) in [6.07, 6.45) is 2.99. The lowest BCUT2D eigenvalue weighted by Crippen LogP contribution is -2.33. The van der Waals surface area contributed by atoms with Gasteiger partial charge in [0.15, 0.2) is 0 Å². The Kier molecular flexibility index (Phi) is 10.9. The highest BCUT2D eigenvalue weighted by atomic mass is 16.5. The number of nitrogens with zero attached hydrogens (tertiary/aromatic N) is 1. The van der Waals surface area contributed by atoms with Crippen LogP contribution in [0.3, 0.4) is 0 Å². The van der Waals surface area contributed by atoms with Crippen LogP contribution in [0.1, 0.15) is 32.6 Å². The average molecular weight is 423 g/mol. The van der Waals surface area contributed by atoms with Gasteiger partial charge < -0.3 is 30.5 Å². The molecule has 1 aromatic carbocycles. The predicted molar refractivity (Wildman–Crippen MR) is 109 cm³/mol. The molecular weight excluding hydrogens is 394 g/mol. The van der Waals surface area contributed by atoms with E-state index in [4.69, 9.17) is 24.5 Å². The number of nitrogens with one attached hydrogen (secondary N) is 2. The van der Waals surface area contributed by atoms with Gasteiger partial charge in [0, 0.05) is 37.7 Å². The van der Waals surface area contributed by atoms with E-state index in [9.17, 15) is 9.59 Å². The van der Waals surface area contributed by atoms with E-state index in [0.29, 0.717) is 12.8 Å². The summed E-state index contributed by atoms with van der Waals surface area (Å²) in [5, 5.41) is 21.0. The summed E-state index contributed by atoms with van der Waals surface area (Å²) < 4.78 is 5.09. The van der Waals surface area contributed by atoms with Crippen molar-refractivity contribution in [1.29, 1.82) is 0 Å². The van der Waals surface area contributed by atoms with Crippen molar-refractivity contribution in [2.45, 2.75) is 38.6 Å². The first kappa shape index (κ1) is 24.9. The molecule has 1 heterocycles. The molecule has 30 heavy (non-hydrogen) atoms. The Hall–Kier alpha value is -3.14. The summed E-state index contributed by atoms with van der Waals surface area (Å²) in [7, 11) is 1.61. The fraction of sp³-hybridized carbons (Fsp3) is 0.500. The molecule has 1 fully saturated rings. The van der Waals surface area contributed by atoms with Crippen LogP contribution in [0, 0.1) is 0 Å². The number of carboxylic acid groups (broad SMARTS) is 2. The molecule has 10 nitrogen and oxygen atoms in total. The second kappa shape index (κ2) is 13.2. The van der Waals surface area contributed by atoms with Gasteiger partial charge in [0.05, 0.1) is 7.11 Å². The molecule has 10 heteroatoms. The van der Waals surface area contributed by atoms with Crippen molar-refractivity contribution < 1.29 is 34.1 Å². The third kappa shape index (κ3) is 9.87. The van der Waals surface area contributed by atoms with Crippen molar-refractivity contribution in [3.63, 3.8) is 0 Å². The lowest BCUT2D eigenvalue weighted by Gasteiger charge is -2.17. The van der Waals surface area contributed by atoms with E-state index in [1.165, 1.54) is 0 Å². The van der Waals surface area contributed by atoms with E-state index in [1.54, 1.807) is 7.11 Å². The zero-order valence-corrected chi connectivity index (χ0v) is 17.2. The van der Waals surface area contributed by atoms with Crippen LogP contribution in [0.4, 0.5) is 5.69 Å². The Morgan fingerprint density at radius 1 is 1.17 bits per heavy atom. The normalized spacial score (nSPS) is 13.8. The standard InChI is InChI=1S/C18H27N3O3.C2H2O4/c1-14(19-10-4-12-21-11-3-5-18(21)23)13-17(22)20-15-6-8-16(24-2)9-7-15;3-1(4)2(5)6/h6-9,14,19H,3-5,10-13H2,1-2H3,(H,20,22);(H,3,4)(H,5,6). The molecule has 0 aromatic heterocycles. The number of rotatable bonds is 9. The molecule has 0 saturated carbocycles. The molecule has 1 unspecified atom stereocenters. The minimum absolute atomic E-state index is 0.0186. The molecule has 4 N–H and O–H groups in total. The number of anilines is 1. The number of aliphatic carboxylic acids is 2. The first-order valence-corrected chi connectivity index (χ1v) is 9.64. The van der Waals surface area contributed by atoms with E-state index in [-0.39, 0.29) is 17.9 Å². The fourth-order valence-corrected chi connectivity index (χ4v) is 2.80. The summed E-state index contributed by atoms with van der Waals surface area (Å²) in [4.78, 5) is 43.7. The van der Waals surface area contributed by atoms with Crippen molar-refractivity contribution in [1.82, 2.24) is 10.2 Å². The van der Waals surface area contributed by atoms with Crippen molar-refractivity contribution in [3.05, 3.63) is 24.3 Å². The molecule has 1 atom stereocenters. The smallest absolute Gasteiger partial charge is 0.414 e. The minimum Gasteiger partial charge on any atom is -0.497 e. The molecule has 1 aliphatic heterocycles. The maximum absolute atomic E-state index is 12.0. The van der Waals surface area contributed by atoms with Crippen LogP contribution >= 0.6 is 0 Å². The summed E-state index contributed by atoms with van der Waals surface area (Å²) >= 11 is 0. The summed E-state index contributed by atoms with van der Waals surface area (Å²) in [5.41, 5.74) is 0.764. The quantitative estimate of drug-likeness (QED) is 0.342. The number of likely N-dealkylation sites (tertiary alicyclic amines) is 1. The van der Waals surface area contributed by atoms with Crippen molar-refractivity contribution in [3.8, 4) is 5.75 Å². The van der Waals surface area contributed by atoms with E-state index in [0.717, 1.165) is 43.9 Å². The second-order valence-electron chi connectivity index (χ2n) is 6.78. The Balaban J connectivity index is 0.000000656. The van der Waals surface area contributed by atoms with Gasteiger partial charge in [0.25, 0.3) is 0 Å². The van der Waals surface area contributed by atoms with Gasteiger partial charge in [-0.1, -0.05) is 0 Å². The van der Waals surface area contributed by atoms with Gasteiger partial charge in [0.1, 0.15) is 5.75 Å². The van der Waals surface area contributed by atoms with Gasteiger partial charge in [-0.15, -0.1) is 0 Å². The molecule has 0 aliphatic carbocycles. The number of amides is 2. The Morgan fingerprint density at radius 2 is 1.80 bits per heavy atom. The number of carboxylic acids is 2. The molecule has 0 radical (unpaired) electrons. The van der Waals surface area contributed by atoms with Crippen LogP contribution < -0.4 is 15.4 Å². The van der Waals surface area contributed by atoms with E-state index in [1.807, 2.05) is 36.1 Å². The highest BCUT2D eigenvalue weighted by molar-refractivity contribution is 6.27. The number of carbonyl (C=O) groups excluding carboxylic acids is 2. The minimum atomic E-state index is -1.82. The lowest BCUT2D eigenvalue weighted by atomic mass is 10.2. The maximum Gasteiger partial charge on any atom is 0.414 e. The van der Waals surface area contributed by atoms with Crippen molar-refractivity contribution >= 4 is 29.4 Å². The van der Waals surface area contributed by atoms with Gasteiger partial charge in [-0.2, -0.15) is 0 Å². The predicted octanol–water partition coefficient (Wildman–Crippen LogP) is 1.17. The zero-order chi connectivity index (χ0) is 22.5. The molecule has 2 rings (SSSR count). The SMILES string of the molecule is COc1ccc(NC(=O)CC(C)NCCCN2CCCC2=O)cc1.O=C(O)C(=O)O. The van der Waals surface area contributed by atoms with Crippen LogP contribution in [0.2, 0.25) is 0 Å². The first-order valence-electron chi connectivity index (χ1n) is 9.64. The van der Waals surface area contributed by atoms with Crippen LogP contribution in [0.15, 0.2) is 24.3 Å². The molecular formula is C20H29N3O7. The largest absolute Gasteiger partial charge is 0.497 e. The molecule has 1 aliphatic rings. The molecule has 0 spiro atoms. The number of hydrogen-bond donors (Lipinski definition) is 4. The van der Waals surface area contributed by atoms with Crippen LogP contribution in [0.5, 0.6) is 5.75 Å². The zero-order valence-electron chi connectivity index (χ0n) is 17.2. The Labute approximate surface area is 175 Å². The fourth-order valence-electron chi connectivity index (χ4n) is 2.80. The lowest BCUT2D eigenvalue weighted by molar-refractivity contribution is -0.159. The highest BCUT2D eigenvalue weighted by Crippen LogP contribution is 2.15. The van der Waals surface area contributed by atoms with Gasteiger partial charge in [-0.25, -0.2) is 9.59 Å². The number of methoxy groups -OCH3 is 1. The first-order chi connectivity index (χ1) is 14.2. The van der Waals surface area contributed by atoms with Crippen LogP contribution in [-0.2, 0) is 19.2 Å². The van der Waals surface area contributed by atoms with Crippen molar-refractivity contribution in [2.75, 3.05) is 32.1 Å². The Morgan fingerprint density at radius 3 is 2.30 bits per heavy atom. The van der Waals surface area contributed by atoms with E-state index < -0.39 is 11.9 Å². The summed E-state index contributed by atoms with van der Waals surface area (Å²) in [6.45, 7) is 4.49. The average Bonchev–Trinajstić information content (AvgIpc) is 3.11. The number of benzene rings is 1. The monoisotopic (exact) mass is 423 g/mol. The van der Waals surface area contributed by atoms with E-state index >= 15 is 0 Å². The molecule has 1 aromatic rings. The molecule has 1 saturated heterocycles. The Bertz CT molecular complexity index is 710.